The van der Waals surface area contributed by atoms with Gasteiger partial charge >= 0.3 is 0 Å². The lowest BCUT2D eigenvalue weighted by Crippen LogP contribution is -1.87. The number of aryl methyl sites for hydroxylation is 1. The Labute approximate surface area is 105 Å². The summed E-state index contributed by atoms with van der Waals surface area (Å²) in [6.07, 6.45) is 4.24. The second-order valence-corrected chi connectivity index (χ2v) is 4.72. The highest BCUT2D eigenvalue weighted by Gasteiger charge is 1.99. The molecule has 0 radical (unpaired) electrons. The highest BCUT2D eigenvalue weighted by Crippen LogP contribution is 2.20. The quantitative estimate of drug-likeness (QED) is 0.806. The normalized spacial score (nSPS) is 10.4. The summed E-state index contributed by atoms with van der Waals surface area (Å²) in [5.74, 6) is 0. The summed E-state index contributed by atoms with van der Waals surface area (Å²) in [6, 6.07) is 12.5. The third-order valence-corrected chi connectivity index (χ3v) is 3.03. The van der Waals surface area contributed by atoms with E-state index in [2.05, 4.69) is 52.1 Å². The third-order valence-electron chi connectivity index (χ3n) is 2.50. The van der Waals surface area contributed by atoms with Gasteiger partial charge in [0.25, 0.3) is 0 Å². The number of hydrogen-bond donors (Lipinski definition) is 0. The Hall–Kier alpha value is -1.15. The maximum Gasteiger partial charge on any atom is 0.0702 e. The molecule has 0 unspecified atom stereocenters. The fraction of sp³-hybridized carbons (Fsp3) is 0.214. The maximum absolute atomic E-state index is 4.48. The Kier molecular flexibility index (Phi) is 3.73. The van der Waals surface area contributed by atoms with Gasteiger partial charge in [0, 0.05) is 16.2 Å². The van der Waals surface area contributed by atoms with Crippen LogP contribution in [0.15, 0.2) is 47.1 Å². The zero-order chi connectivity index (χ0) is 11.4. The van der Waals surface area contributed by atoms with Crippen LogP contribution < -0.4 is 0 Å². The Morgan fingerprint density at radius 3 is 2.38 bits per heavy atom. The molecule has 2 aromatic rings. The predicted molar refractivity (Wildman–Crippen MR) is 71.4 cm³/mol. The van der Waals surface area contributed by atoms with Gasteiger partial charge in [-0.15, -0.1) is 0 Å². The van der Waals surface area contributed by atoms with Crippen molar-refractivity contribution in [2.45, 2.75) is 19.8 Å². The first-order chi connectivity index (χ1) is 7.79. The molecule has 1 aromatic carbocycles. The van der Waals surface area contributed by atoms with E-state index in [-0.39, 0.29) is 0 Å². The van der Waals surface area contributed by atoms with Crippen molar-refractivity contribution in [3.8, 4) is 11.3 Å². The summed E-state index contributed by atoms with van der Waals surface area (Å²) in [5.41, 5.74) is 3.50. The van der Waals surface area contributed by atoms with Crippen LogP contribution in [-0.2, 0) is 6.42 Å². The average molecular weight is 276 g/mol. The summed E-state index contributed by atoms with van der Waals surface area (Å²) in [4.78, 5) is 4.48. The van der Waals surface area contributed by atoms with Crippen molar-refractivity contribution in [2.75, 3.05) is 0 Å². The minimum atomic E-state index is 1.03. The molecule has 0 atom stereocenters. The molecule has 0 aliphatic carbocycles. The molecule has 0 amide bonds. The van der Waals surface area contributed by atoms with E-state index in [0.29, 0.717) is 0 Å². The van der Waals surface area contributed by atoms with Crippen molar-refractivity contribution in [1.82, 2.24) is 4.98 Å². The summed E-state index contributed by atoms with van der Waals surface area (Å²) in [7, 11) is 0. The topological polar surface area (TPSA) is 12.9 Å². The van der Waals surface area contributed by atoms with Crippen LogP contribution in [0, 0.1) is 0 Å². The van der Waals surface area contributed by atoms with Crippen LogP contribution in [0.3, 0.4) is 0 Å². The van der Waals surface area contributed by atoms with Gasteiger partial charge in [-0.05, 0) is 30.2 Å². The molecule has 0 bridgehead atoms. The molecular weight excluding hydrogens is 262 g/mol. The molecule has 0 aliphatic rings. The summed E-state index contributed by atoms with van der Waals surface area (Å²) < 4.78 is 1.10. The van der Waals surface area contributed by atoms with Crippen molar-refractivity contribution in [3.05, 3.63) is 52.6 Å². The Morgan fingerprint density at radius 2 is 1.81 bits per heavy atom. The third kappa shape index (κ3) is 2.70. The van der Waals surface area contributed by atoms with E-state index in [0.717, 1.165) is 22.2 Å². The molecule has 0 aliphatic heterocycles. The van der Waals surface area contributed by atoms with E-state index < -0.39 is 0 Å². The highest BCUT2D eigenvalue weighted by molar-refractivity contribution is 9.10. The maximum atomic E-state index is 4.48. The first-order valence-electron chi connectivity index (χ1n) is 5.50. The molecule has 0 N–H and O–H groups in total. The van der Waals surface area contributed by atoms with Crippen LogP contribution in [0.25, 0.3) is 11.3 Å². The molecule has 1 nitrogen and oxygen atoms in total. The molecule has 1 heterocycles. The van der Waals surface area contributed by atoms with E-state index >= 15 is 0 Å². The van der Waals surface area contributed by atoms with Crippen molar-refractivity contribution in [3.63, 3.8) is 0 Å². The van der Waals surface area contributed by atoms with Gasteiger partial charge < -0.3 is 0 Å². The molecule has 82 valence electrons. The van der Waals surface area contributed by atoms with E-state index in [1.165, 1.54) is 12.0 Å². The first kappa shape index (κ1) is 11.3. The van der Waals surface area contributed by atoms with Gasteiger partial charge in [0.05, 0.1) is 5.69 Å². The van der Waals surface area contributed by atoms with Crippen LogP contribution in [-0.4, -0.2) is 4.98 Å². The first-order valence-corrected chi connectivity index (χ1v) is 6.30. The SMILES string of the molecule is CCCc1ccc(-c2ccc(Br)cc2)nc1. The minimum Gasteiger partial charge on any atom is -0.256 e. The molecule has 16 heavy (non-hydrogen) atoms. The number of pyridine rings is 1. The number of benzene rings is 1. The Balaban J connectivity index is 2.24. The fourth-order valence-corrected chi connectivity index (χ4v) is 1.92. The number of nitrogens with zero attached hydrogens (tertiary/aromatic N) is 1. The minimum absolute atomic E-state index is 1.03. The van der Waals surface area contributed by atoms with Gasteiger partial charge in [-0.25, -0.2) is 0 Å². The van der Waals surface area contributed by atoms with Gasteiger partial charge in [0.2, 0.25) is 0 Å². The smallest absolute Gasteiger partial charge is 0.0702 e. The van der Waals surface area contributed by atoms with E-state index in [1.807, 2.05) is 18.3 Å². The zero-order valence-electron chi connectivity index (χ0n) is 9.28. The summed E-state index contributed by atoms with van der Waals surface area (Å²) in [5, 5.41) is 0. The largest absolute Gasteiger partial charge is 0.256 e. The van der Waals surface area contributed by atoms with Crippen LogP contribution in [0.5, 0.6) is 0 Å². The van der Waals surface area contributed by atoms with Crippen molar-refractivity contribution < 1.29 is 0 Å². The zero-order valence-corrected chi connectivity index (χ0v) is 10.9. The summed E-state index contributed by atoms with van der Waals surface area (Å²) >= 11 is 3.43. The Bertz CT molecular complexity index is 445. The van der Waals surface area contributed by atoms with Gasteiger partial charge in [-0.3, -0.25) is 4.98 Å². The average Bonchev–Trinajstić information content (AvgIpc) is 2.32. The molecule has 0 saturated heterocycles. The second-order valence-electron chi connectivity index (χ2n) is 3.81. The lowest BCUT2D eigenvalue weighted by Gasteiger charge is -2.02. The van der Waals surface area contributed by atoms with E-state index in [9.17, 15) is 0 Å². The predicted octanol–water partition coefficient (Wildman–Crippen LogP) is 4.46. The van der Waals surface area contributed by atoms with E-state index in [1.54, 1.807) is 0 Å². The molecule has 0 spiro atoms. The highest BCUT2D eigenvalue weighted by atomic mass is 79.9. The number of aromatic nitrogens is 1. The van der Waals surface area contributed by atoms with Crippen LogP contribution in [0.1, 0.15) is 18.9 Å². The molecule has 1 aromatic heterocycles. The molecular formula is C14H14BrN. The standard InChI is InChI=1S/C14H14BrN/c1-2-3-11-4-9-14(16-10-11)12-5-7-13(15)8-6-12/h4-10H,2-3H2,1H3. The monoisotopic (exact) mass is 275 g/mol. The number of hydrogen-bond acceptors (Lipinski definition) is 1. The summed E-state index contributed by atoms with van der Waals surface area (Å²) in [6.45, 7) is 2.18. The lowest BCUT2D eigenvalue weighted by atomic mass is 10.1. The van der Waals surface area contributed by atoms with Gasteiger partial charge in [-0.1, -0.05) is 47.5 Å². The molecule has 0 fully saturated rings. The van der Waals surface area contributed by atoms with Gasteiger partial charge in [0.1, 0.15) is 0 Å². The Morgan fingerprint density at radius 1 is 1.06 bits per heavy atom. The van der Waals surface area contributed by atoms with Gasteiger partial charge in [-0.2, -0.15) is 0 Å². The van der Waals surface area contributed by atoms with Crippen LogP contribution >= 0.6 is 15.9 Å². The molecule has 2 rings (SSSR count). The fourth-order valence-electron chi connectivity index (χ4n) is 1.65. The number of rotatable bonds is 3. The van der Waals surface area contributed by atoms with E-state index in [4.69, 9.17) is 0 Å². The van der Waals surface area contributed by atoms with Crippen molar-refractivity contribution in [1.29, 1.82) is 0 Å². The van der Waals surface area contributed by atoms with Crippen LogP contribution in [0.2, 0.25) is 0 Å². The van der Waals surface area contributed by atoms with Crippen LogP contribution in [0.4, 0.5) is 0 Å². The lowest BCUT2D eigenvalue weighted by molar-refractivity contribution is 0.914. The molecule has 2 heteroatoms. The van der Waals surface area contributed by atoms with Crippen molar-refractivity contribution >= 4 is 15.9 Å². The van der Waals surface area contributed by atoms with Crippen molar-refractivity contribution in [2.24, 2.45) is 0 Å². The number of halogens is 1. The van der Waals surface area contributed by atoms with Gasteiger partial charge in [0.15, 0.2) is 0 Å². The molecule has 0 saturated carbocycles. The second kappa shape index (κ2) is 5.26.